The minimum Gasteiger partial charge on any atom is -0.448 e. The molecule has 0 saturated carbocycles. The number of hydrogen-bond donors (Lipinski definition) is 0. The minimum atomic E-state index is -1.05. The van der Waals surface area contributed by atoms with E-state index in [9.17, 15) is 13.8 Å². The molecular weight excluding hydrogens is 402 g/mol. The predicted molar refractivity (Wildman–Crippen MR) is 116 cm³/mol. The summed E-state index contributed by atoms with van der Waals surface area (Å²) in [5.74, 6) is -0.231. The molecule has 7 nitrogen and oxygen atoms in total. The molecule has 2 aromatic heterocycles. The van der Waals surface area contributed by atoms with Crippen LogP contribution in [0.5, 0.6) is 0 Å². The molecule has 1 amide bonds. The smallest absolute Gasteiger partial charge is 0.297 e. The van der Waals surface area contributed by atoms with E-state index < -0.39 is 10.8 Å². The summed E-state index contributed by atoms with van der Waals surface area (Å²) in [6.45, 7) is 1.76. The van der Waals surface area contributed by atoms with Crippen molar-refractivity contribution in [3.8, 4) is 0 Å². The number of aromatic nitrogens is 2. The Kier molecular flexibility index (Phi) is 5.26. The molecule has 0 spiro atoms. The van der Waals surface area contributed by atoms with Gasteiger partial charge in [0.25, 0.3) is 5.56 Å². The first kappa shape index (κ1) is 20.0. The number of amides is 1. The van der Waals surface area contributed by atoms with E-state index >= 15 is 0 Å². The monoisotopic (exact) mass is 423 g/mol. The van der Waals surface area contributed by atoms with E-state index in [-0.39, 0.29) is 29.6 Å². The van der Waals surface area contributed by atoms with Crippen molar-refractivity contribution in [3.05, 3.63) is 70.8 Å². The Morgan fingerprint density at radius 2 is 1.90 bits per heavy atom. The minimum absolute atomic E-state index is 0.142. The van der Waals surface area contributed by atoms with Gasteiger partial charge in [0.15, 0.2) is 0 Å². The SMILES string of the molecule is C[C@H](c1ccc([S@@](C)=O)cc1)N(C)C(=O)Cn1cnc2c(oc3ccccc32)c1=O. The third kappa shape index (κ3) is 3.54. The van der Waals surface area contributed by atoms with E-state index in [2.05, 4.69) is 4.98 Å². The highest BCUT2D eigenvalue weighted by molar-refractivity contribution is 7.84. The maximum Gasteiger partial charge on any atom is 0.297 e. The summed E-state index contributed by atoms with van der Waals surface area (Å²) in [6, 6.07) is 14.4. The van der Waals surface area contributed by atoms with Gasteiger partial charge in [-0.25, -0.2) is 4.98 Å². The van der Waals surface area contributed by atoms with E-state index in [1.54, 1.807) is 36.4 Å². The van der Waals surface area contributed by atoms with Crippen LogP contribution in [0.1, 0.15) is 18.5 Å². The molecule has 0 fully saturated rings. The first-order valence-electron chi connectivity index (χ1n) is 9.42. The summed E-state index contributed by atoms with van der Waals surface area (Å²) in [6.07, 6.45) is 3.01. The fraction of sp³-hybridized carbons (Fsp3) is 0.227. The Hall–Kier alpha value is -3.26. The van der Waals surface area contributed by atoms with Gasteiger partial charge < -0.3 is 9.32 Å². The van der Waals surface area contributed by atoms with Crippen molar-refractivity contribution in [2.24, 2.45) is 0 Å². The van der Waals surface area contributed by atoms with Gasteiger partial charge in [-0.3, -0.25) is 18.4 Å². The molecule has 0 radical (unpaired) electrons. The number of carbonyl (C=O) groups excluding carboxylic acids is 1. The lowest BCUT2D eigenvalue weighted by Crippen LogP contribution is -2.35. The summed E-state index contributed by atoms with van der Waals surface area (Å²) >= 11 is 0. The van der Waals surface area contributed by atoms with Crippen LogP contribution in [-0.2, 0) is 22.1 Å². The van der Waals surface area contributed by atoms with Gasteiger partial charge in [-0.15, -0.1) is 0 Å². The molecule has 8 heteroatoms. The van der Waals surface area contributed by atoms with Gasteiger partial charge in [0.05, 0.1) is 12.4 Å². The molecule has 0 unspecified atom stereocenters. The van der Waals surface area contributed by atoms with Gasteiger partial charge in [0, 0.05) is 34.4 Å². The summed E-state index contributed by atoms with van der Waals surface area (Å²) in [5.41, 5.74) is 1.75. The number of hydrogen-bond acceptors (Lipinski definition) is 5. The molecule has 4 aromatic rings. The number of para-hydroxylation sites is 1. The van der Waals surface area contributed by atoms with Crippen molar-refractivity contribution in [1.29, 1.82) is 0 Å². The van der Waals surface area contributed by atoms with Crippen molar-refractivity contribution in [3.63, 3.8) is 0 Å². The Bertz CT molecular complexity index is 1320. The molecule has 2 heterocycles. The van der Waals surface area contributed by atoms with Crippen molar-refractivity contribution >= 4 is 38.8 Å². The molecule has 0 aliphatic carbocycles. The van der Waals surface area contributed by atoms with Crippen molar-refractivity contribution < 1.29 is 13.4 Å². The topological polar surface area (TPSA) is 85.4 Å². The molecule has 0 aliphatic rings. The zero-order valence-corrected chi connectivity index (χ0v) is 17.7. The molecule has 0 N–H and O–H groups in total. The zero-order valence-electron chi connectivity index (χ0n) is 16.9. The van der Waals surface area contributed by atoms with Crippen LogP contribution in [-0.4, -0.2) is 37.9 Å². The van der Waals surface area contributed by atoms with Crippen LogP contribution >= 0.6 is 0 Å². The van der Waals surface area contributed by atoms with Crippen molar-refractivity contribution in [1.82, 2.24) is 14.5 Å². The first-order chi connectivity index (χ1) is 14.4. The normalized spacial score (nSPS) is 13.4. The van der Waals surface area contributed by atoms with Crippen LogP contribution in [0.15, 0.2) is 69.0 Å². The van der Waals surface area contributed by atoms with Gasteiger partial charge >= 0.3 is 0 Å². The highest BCUT2D eigenvalue weighted by Crippen LogP contribution is 2.24. The molecule has 30 heavy (non-hydrogen) atoms. The summed E-state index contributed by atoms with van der Waals surface area (Å²) in [5, 5.41) is 0.769. The molecule has 154 valence electrons. The lowest BCUT2D eigenvalue weighted by Gasteiger charge is -2.25. The lowest BCUT2D eigenvalue weighted by molar-refractivity contribution is -0.132. The molecule has 2 atom stereocenters. The van der Waals surface area contributed by atoms with Crippen LogP contribution in [0.4, 0.5) is 0 Å². The Balaban J connectivity index is 1.57. The van der Waals surface area contributed by atoms with E-state index in [0.29, 0.717) is 11.1 Å². The average Bonchev–Trinajstić information content (AvgIpc) is 3.14. The third-order valence-corrected chi connectivity index (χ3v) is 6.26. The summed E-state index contributed by atoms with van der Waals surface area (Å²) in [7, 11) is 0.640. The highest BCUT2D eigenvalue weighted by Gasteiger charge is 2.20. The van der Waals surface area contributed by atoms with Gasteiger partial charge in [0.1, 0.15) is 17.6 Å². The standard InChI is InChI=1S/C22H21N3O4S/c1-14(15-8-10-16(11-9-15)30(3)28)24(2)19(26)12-25-13-23-20-17-6-4-5-7-18(17)29-21(20)22(25)27/h4-11,13-14H,12H2,1-3H3/t14-,30-/m1/s1. The fourth-order valence-electron chi connectivity index (χ4n) is 3.36. The first-order valence-corrected chi connectivity index (χ1v) is 11.0. The number of rotatable bonds is 5. The molecule has 0 bridgehead atoms. The number of nitrogens with zero attached hydrogens (tertiary/aromatic N) is 3. The predicted octanol–water partition coefficient (Wildman–Crippen LogP) is 3.10. The Labute approximate surface area is 175 Å². The summed E-state index contributed by atoms with van der Waals surface area (Å²) in [4.78, 5) is 32.3. The second kappa shape index (κ2) is 7.87. The number of carbonyl (C=O) groups is 1. The van der Waals surface area contributed by atoms with Crippen molar-refractivity contribution in [2.45, 2.75) is 24.4 Å². The van der Waals surface area contributed by atoms with Gasteiger partial charge in [0.2, 0.25) is 11.5 Å². The number of fused-ring (bicyclic) bond motifs is 3. The maximum absolute atomic E-state index is 12.8. The van der Waals surface area contributed by atoms with E-state index in [1.165, 1.54) is 10.9 Å². The average molecular weight is 423 g/mol. The molecule has 4 rings (SSSR count). The number of furan rings is 1. The van der Waals surface area contributed by atoms with E-state index in [4.69, 9.17) is 4.42 Å². The Morgan fingerprint density at radius 1 is 1.20 bits per heavy atom. The second-order valence-corrected chi connectivity index (χ2v) is 8.54. The third-order valence-electron chi connectivity index (χ3n) is 5.32. The van der Waals surface area contributed by atoms with Crippen LogP contribution in [0.3, 0.4) is 0 Å². The largest absolute Gasteiger partial charge is 0.448 e. The number of likely N-dealkylation sites (N-methyl/N-ethyl adjacent to an activating group) is 1. The molecular formula is C22H21N3O4S. The lowest BCUT2D eigenvalue weighted by atomic mass is 10.1. The van der Waals surface area contributed by atoms with Crippen molar-refractivity contribution in [2.75, 3.05) is 13.3 Å². The molecule has 0 saturated heterocycles. The zero-order chi connectivity index (χ0) is 21.4. The van der Waals surface area contributed by atoms with Crippen LogP contribution in [0.25, 0.3) is 22.1 Å². The number of benzene rings is 2. The van der Waals surface area contributed by atoms with Crippen LogP contribution in [0, 0.1) is 0 Å². The highest BCUT2D eigenvalue weighted by atomic mass is 32.2. The van der Waals surface area contributed by atoms with E-state index in [1.807, 2.05) is 37.3 Å². The second-order valence-electron chi connectivity index (χ2n) is 7.16. The quantitative estimate of drug-likeness (QED) is 0.492. The Morgan fingerprint density at radius 3 is 2.60 bits per heavy atom. The molecule has 0 aliphatic heterocycles. The van der Waals surface area contributed by atoms with Gasteiger partial charge in [-0.1, -0.05) is 24.3 Å². The summed E-state index contributed by atoms with van der Waals surface area (Å²) < 4.78 is 18.5. The van der Waals surface area contributed by atoms with Gasteiger partial charge in [-0.2, -0.15) is 0 Å². The van der Waals surface area contributed by atoms with E-state index in [0.717, 1.165) is 15.8 Å². The van der Waals surface area contributed by atoms with Crippen LogP contribution < -0.4 is 5.56 Å². The fourth-order valence-corrected chi connectivity index (χ4v) is 3.88. The maximum atomic E-state index is 12.8. The molecule has 2 aromatic carbocycles. The van der Waals surface area contributed by atoms with Crippen LogP contribution in [0.2, 0.25) is 0 Å². The van der Waals surface area contributed by atoms with Gasteiger partial charge in [-0.05, 0) is 36.8 Å².